The van der Waals surface area contributed by atoms with Gasteiger partial charge in [0.15, 0.2) is 0 Å². The van der Waals surface area contributed by atoms with Crippen LogP contribution in [-0.4, -0.2) is 0 Å². The van der Waals surface area contributed by atoms with E-state index in [2.05, 4.69) is 77.5 Å². The van der Waals surface area contributed by atoms with Gasteiger partial charge in [-0.3, -0.25) is 0 Å². The molecule has 2 aromatic carbocycles. The van der Waals surface area contributed by atoms with Crippen molar-refractivity contribution in [1.82, 2.24) is 0 Å². The maximum atomic E-state index is 3.66. The Morgan fingerprint density at radius 1 is 0.882 bits per heavy atom. The number of halogens is 1. The number of fused-ring (bicyclic) bond motifs is 1. The summed E-state index contributed by atoms with van der Waals surface area (Å²) in [5.41, 5.74) is 5.53. The fraction of sp³-hybridized carbons (Fsp3) is 0.125. The molecule has 0 saturated heterocycles. The van der Waals surface area contributed by atoms with E-state index < -0.39 is 0 Å². The SMILES string of the molecule is CC1=Cc2ccccc2C1c1ccccc1Br. The van der Waals surface area contributed by atoms with Crippen molar-refractivity contribution in [2.45, 2.75) is 12.8 Å². The van der Waals surface area contributed by atoms with Gasteiger partial charge in [0.25, 0.3) is 0 Å². The van der Waals surface area contributed by atoms with Crippen molar-refractivity contribution in [3.63, 3.8) is 0 Å². The molecule has 1 atom stereocenters. The second kappa shape index (κ2) is 4.15. The normalized spacial score (nSPS) is 17.8. The predicted molar refractivity (Wildman–Crippen MR) is 76.1 cm³/mol. The average molecular weight is 285 g/mol. The van der Waals surface area contributed by atoms with Crippen LogP contribution >= 0.6 is 15.9 Å². The van der Waals surface area contributed by atoms with E-state index in [0.717, 1.165) is 0 Å². The molecule has 0 fully saturated rings. The molecular formula is C16H13Br. The fourth-order valence-corrected chi connectivity index (χ4v) is 3.11. The van der Waals surface area contributed by atoms with E-state index in [-0.39, 0.29) is 0 Å². The van der Waals surface area contributed by atoms with Crippen molar-refractivity contribution in [3.05, 3.63) is 75.3 Å². The molecule has 0 heterocycles. The minimum absolute atomic E-state index is 0.404. The standard InChI is InChI=1S/C16H13Br/c1-11-10-12-6-2-3-7-13(12)16(11)14-8-4-5-9-15(14)17/h2-10,16H,1H3. The van der Waals surface area contributed by atoms with Crippen LogP contribution in [0.25, 0.3) is 6.08 Å². The molecule has 1 aliphatic carbocycles. The first-order valence-corrected chi connectivity index (χ1v) is 6.58. The van der Waals surface area contributed by atoms with Crippen LogP contribution in [-0.2, 0) is 0 Å². The molecule has 0 N–H and O–H groups in total. The van der Waals surface area contributed by atoms with Crippen LogP contribution in [0.5, 0.6) is 0 Å². The van der Waals surface area contributed by atoms with Gasteiger partial charge in [0, 0.05) is 10.4 Å². The maximum Gasteiger partial charge on any atom is 0.0316 e. The third-order valence-corrected chi connectivity index (χ3v) is 4.08. The van der Waals surface area contributed by atoms with Gasteiger partial charge in [-0.15, -0.1) is 0 Å². The van der Waals surface area contributed by atoms with Gasteiger partial charge in [-0.2, -0.15) is 0 Å². The van der Waals surface area contributed by atoms with Gasteiger partial charge in [0.05, 0.1) is 0 Å². The van der Waals surface area contributed by atoms with Crippen LogP contribution in [0.1, 0.15) is 29.5 Å². The van der Waals surface area contributed by atoms with Gasteiger partial charge in [-0.25, -0.2) is 0 Å². The van der Waals surface area contributed by atoms with Gasteiger partial charge in [-0.05, 0) is 29.7 Å². The van der Waals surface area contributed by atoms with Gasteiger partial charge >= 0.3 is 0 Å². The summed E-state index contributed by atoms with van der Waals surface area (Å²) in [7, 11) is 0. The Morgan fingerprint density at radius 2 is 1.53 bits per heavy atom. The van der Waals surface area contributed by atoms with Crippen molar-refractivity contribution >= 4 is 22.0 Å². The summed E-state index contributed by atoms with van der Waals surface area (Å²) < 4.78 is 1.19. The number of allylic oxidation sites excluding steroid dienone is 1. The largest absolute Gasteiger partial charge is 0.0619 e. The molecular weight excluding hydrogens is 272 g/mol. The number of rotatable bonds is 1. The Labute approximate surface area is 110 Å². The summed E-state index contributed by atoms with van der Waals surface area (Å²) in [5, 5.41) is 0. The third kappa shape index (κ3) is 1.75. The van der Waals surface area contributed by atoms with E-state index in [4.69, 9.17) is 0 Å². The van der Waals surface area contributed by atoms with E-state index in [1.54, 1.807) is 0 Å². The lowest BCUT2D eigenvalue weighted by Crippen LogP contribution is -2.00. The summed E-state index contributed by atoms with van der Waals surface area (Å²) in [6.07, 6.45) is 2.29. The minimum atomic E-state index is 0.404. The van der Waals surface area contributed by atoms with E-state index in [0.29, 0.717) is 5.92 Å². The van der Waals surface area contributed by atoms with Crippen molar-refractivity contribution in [3.8, 4) is 0 Å². The predicted octanol–water partition coefficient (Wildman–Crippen LogP) is 5.00. The molecule has 0 aliphatic heterocycles. The van der Waals surface area contributed by atoms with Crippen molar-refractivity contribution in [2.75, 3.05) is 0 Å². The molecule has 0 spiro atoms. The summed E-state index contributed by atoms with van der Waals surface area (Å²) in [4.78, 5) is 0. The molecule has 0 amide bonds. The molecule has 1 heteroatoms. The van der Waals surface area contributed by atoms with E-state index in [1.807, 2.05) is 0 Å². The minimum Gasteiger partial charge on any atom is -0.0619 e. The molecule has 0 radical (unpaired) electrons. The van der Waals surface area contributed by atoms with Crippen molar-refractivity contribution in [1.29, 1.82) is 0 Å². The van der Waals surface area contributed by atoms with Crippen LogP contribution in [0, 0.1) is 0 Å². The second-order valence-corrected chi connectivity index (χ2v) is 5.33. The van der Waals surface area contributed by atoms with Gasteiger partial charge in [0.2, 0.25) is 0 Å². The van der Waals surface area contributed by atoms with Crippen LogP contribution in [0.15, 0.2) is 58.6 Å². The molecule has 0 aromatic heterocycles. The number of hydrogen-bond acceptors (Lipinski definition) is 0. The van der Waals surface area contributed by atoms with Crippen LogP contribution in [0.2, 0.25) is 0 Å². The Hall–Kier alpha value is -1.34. The fourth-order valence-electron chi connectivity index (χ4n) is 2.60. The zero-order valence-electron chi connectivity index (χ0n) is 9.65. The molecule has 0 nitrogen and oxygen atoms in total. The van der Waals surface area contributed by atoms with Gasteiger partial charge < -0.3 is 0 Å². The highest BCUT2D eigenvalue weighted by atomic mass is 79.9. The summed E-state index contributed by atoms with van der Waals surface area (Å²) in [6.45, 7) is 2.21. The highest BCUT2D eigenvalue weighted by Crippen LogP contribution is 2.42. The quantitative estimate of drug-likeness (QED) is 0.691. The molecule has 1 aliphatic rings. The van der Waals surface area contributed by atoms with Crippen LogP contribution in [0.3, 0.4) is 0 Å². The first kappa shape index (κ1) is 10.8. The molecule has 84 valence electrons. The Morgan fingerprint density at radius 3 is 2.29 bits per heavy atom. The van der Waals surface area contributed by atoms with Crippen LogP contribution < -0.4 is 0 Å². The number of benzene rings is 2. The summed E-state index contributed by atoms with van der Waals surface area (Å²) >= 11 is 3.66. The number of hydrogen-bond donors (Lipinski definition) is 0. The molecule has 17 heavy (non-hydrogen) atoms. The zero-order chi connectivity index (χ0) is 11.8. The topological polar surface area (TPSA) is 0 Å². The summed E-state index contributed by atoms with van der Waals surface area (Å²) in [6, 6.07) is 17.1. The van der Waals surface area contributed by atoms with E-state index >= 15 is 0 Å². The zero-order valence-corrected chi connectivity index (χ0v) is 11.2. The van der Waals surface area contributed by atoms with E-state index in [1.165, 1.54) is 26.7 Å². The molecule has 1 unspecified atom stereocenters. The first-order valence-electron chi connectivity index (χ1n) is 5.79. The molecule has 2 aromatic rings. The molecule has 0 saturated carbocycles. The van der Waals surface area contributed by atoms with Crippen molar-refractivity contribution < 1.29 is 0 Å². The van der Waals surface area contributed by atoms with Gasteiger partial charge in [-0.1, -0.05) is 70.0 Å². The Bertz CT molecular complexity index is 596. The molecule has 3 rings (SSSR count). The molecule has 0 bridgehead atoms. The second-order valence-electron chi connectivity index (χ2n) is 4.47. The lowest BCUT2D eigenvalue weighted by Gasteiger charge is -2.16. The third-order valence-electron chi connectivity index (χ3n) is 3.36. The van der Waals surface area contributed by atoms with Crippen molar-refractivity contribution in [2.24, 2.45) is 0 Å². The lowest BCUT2D eigenvalue weighted by molar-refractivity contribution is 0.969. The van der Waals surface area contributed by atoms with Crippen LogP contribution in [0.4, 0.5) is 0 Å². The highest BCUT2D eigenvalue weighted by Gasteiger charge is 2.24. The highest BCUT2D eigenvalue weighted by molar-refractivity contribution is 9.10. The van der Waals surface area contributed by atoms with E-state index in [9.17, 15) is 0 Å². The average Bonchev–Trinajstić information content (AvgIpc) is 2.66. The monoisotopic (exact) mass is 284 g/mol. The Balaban J connectivity index is 2.18. The summed E-state index contributed by atoms with van der Waals surface area (Å²) in [5.74, 6) is 0.404. The van der Waals surface area contributed by atoms with Gasteiger partial charge in [0.1, 0.15) is 0 Å². The Kier molecular flexibility index (Phi) is 2.64. The maximum absolute atomic E-state index is 3.66. The lowest BCUT2D eigenvalue weighted by atomic mass is 9.89. The first-order chi connectivity index (χ1) is 8.27. The smallest absolute Gasteiger partial charge is 0.0316 e.